The molecule has 0 aliphatic carbocycles. The second kappa shape index (κ2) is 16.8. The van der Waals surface area contributed by atoms with Gasteiger partial charge in [0.05, 0.1) is 11.8 Å². The summed E-state index contributed by atoms with van der Waals surface area (Å²) in [6.07, 6.45) is 1.48. The lowest BCUT2D eigenvalue weighted by molar-refractivity contribution is -0.143. The van der Waals surface area contributed by atoms with Crippen LogP contribution in [0.15, 0.2) is 97.3 Å². The fourth-order valence-corrected chi connectivity index (χ4v) is 6.87. The fourth-order valence-electron chi connectivity index (χ4n) is 6.68. The summed E-state index contributed by atoms with van der Waals surface area (Å²) < 4.78 is 46.9. The van der Waals surface area contributed by atoms with Crippen molar-refractivity contribution in [3.8, 4) is 11.4 Å². The number of nitrogens with zero attached hydrogens (tertiary/aromatic N) is 4. The van der Waals surface area contributed by atoms with Crippen molar-refractivity contribution in [3.63, 3.8) is 0 Å². The van der Waals surface area contributed by atoms with E-state index in [9.17, 15) is 33.0 Å². The zero-order valence-corrected chi connectivity index (χ0v) is 29.4. The molecule has 4 N–H and O–H groups in total. The van der Waals surface area contributed by atoms with Crippen molar-refractivity contribution in [2.45, 2.75) is 37.7 Å². The van der Waals surface area contributed by atoms with E-state index in [1.165, 1.54) is 0 Å². The maximum absolute atomic E-state index is 13.8. The maximum Gasteiger partial charge on any atom is 0.405 e. The summed E-state index contributed by atoms with van der Waals surface area (Å²) >= 11 is 6.16. The number of aliphatic hydroxyl groups excluding tert-OH is 2. The van der Waals surface area contributed by atoms with E-state index in [2.05, 4.69) is 10.3 Å². The van der Waals surface area contributed by atoms with E-state index in [1.54, 1.807) is 53.7 Å². The van der Waals surface area contributed by atoms with Crippen LogP contribution in [0.5, 0.6) is 5.75 Å². The molecule has 15 heteroatoms. The van der Waals surface area contributed by atoms with Gasteiger partial charge in [0, 0.05) is 79.7 Å². The van der Waals surface area contributed by atoms with Crippen LogP contribution in [0, 0.1) is 5.92 Å². The summed E-state index contributed by atoms with van der Waals surface area (Å²) in [4.78, 5) is 34.9. The quantitative estimate of drug-likeness (QED) is 0.154. The van der Waals surface area contributed by atoms with Crippen molar-refractivity contribution in [1.29, 1.82) is 0 Å². The molecule has 53 heavy (non-hydrogen) atoms. The van der Waals surface area contributed by atoms with Crippen molar-refractivity contribution in [1.82, 2.24) is 30.0 Å². The summed E-state index contributed by atoms with van der Waals surface area (Å²) in [7, 11) is 0. The number of ether oxygens (including phenoxy) is 1. The van der Waals surface area contributed by atoms with Crippen molar-refractivity contribution < 1.29 is 37.7 Å². The number of hydrogen-bond acceptors (Lipinski definition) is 8. The molecule has 4 heterocycles. The van der Waals surface area contributed by atoms with Gasteiger partial charge in [-0.3, -0.25) is 24.4 Å². The molecule has 2 aliphatic heterocycles. The SMILES string of the molecule is O=C(NC1=C(O)COc2ccccc21)[C@H](Cc1cccnc1)C[C@H](O)CN1CCN(Cc2ccn(-c3cccc(Cl)c3)c2)C[C@H]1C(=O)NCC(F)(F)F. The number of halogens is 4. The van der Waals surface area contributed by atoms with E-state index >= 15 is 0 Å². The summed E-state index contributed by atoms with van der Waals surface area (Å²) in [5, 5.41) is 27.5. The fraction of sp³-hybridized carbons (Fsp3) is 0.342. The monoisotopic (exact) mass is 752 g/mol. The number of β-amino-alcohol motifs (C(OH)–C–C–N with tert-alkyl or cyclic N) is 1. The van der Waals surface area contributed by atoms with Gasteiger partial charge in [-0.25, -0.2) is 0 Å². The third-order valence-electron chi connectivity index (χ3n) is 9.24. The molecule has 1 fully saturated rings. The van der Waals surface area contributed by atoms with E-state index in [-0.39, 0.29) is 50.5 Å². The molecule has 2 amide bonds. The van der Waals surface area contributed by atoms with Gasteiger partial charge in [0.25, 0.3) is 0 Å². The van der Waals surface area contributed by atoms with Crippen molar-refractivity contribution in [2.75, 3.05) is 39.3 Å². The molecule has 1 saturated heterocycles. The van der Waals surface area contributed by atoms with Crippen molar-refractivity contribution in [2.24, 2.45) is 5.92 Å². The van der Waals surface area contributed by atoms with Crippen LogP contribution in [0.2, 0.25) is 5.02 Å². The minimum absolute atomic E-state index is 0.0406. The van der Waals surface area contributed by atoms with Gasteiger partial charge in [-0.2, -0.15) is 13.2 Å². The average molecular weight is 753 g/mol. The van der Waals surface area contributed by atoms with Crippen LogP contribution in [0.3, 0.4) is 0 Å². The molecule has 11 nitrogen and oxygen atoms in total. The number of para-hydroxylation sites is 1. The van der Waals surface area contributed by atoms with E-state index in [0.717, 1.165) is 16.8 Å². The minimum atomic E-state index is -4.60. The number of piperazine rings is 1. The summed E-state index contributed by atoms with van der Waals surface area (Å²) in [5.41, 5.74) is 3.27. The second-order valence-electron chi connectivity index (χ2n) is 13.2. The highest BCUT2D eigenvalue weighted by Gasteiger charge is 2.37. The molecular weight excluding hydrogens is 713 g/mol. The molecular formula is C38H40ClF3N6O5. The first-order chi connectivity index (χ1) is 25.4. The Labute approximate surface area is 309 Å². The third kappa shape index (κ3) is 10.2. The molecule has 0 saturated carbocycles. The number of amides is 2. The van der Waals surface area contributed by atoms with Crippen LogP contribution in [0.25, 0.3) is 11.4 Å². The summed E-state index contributed by atoms with van der Waals surface area (Å²) in [6, 6.07) is 18.8. The number of alkyl halides is 3. The van der Waals surface area contributed by atoms with E-state index in [1.807, 2.05) is 57.5 Å². The predicted molar refractivity (Wildman–Crippen MR) is 192 cm³/mol. The Morgan fingerprint density at radius 2 is 1.89 bits per heavy atom. The smallest absolute Gasteiger partial charge is 0.405 e. The number of aromatic nitrogens is 2. The van der Waals surface area contributed by atoms with Crippen molar-refractivity contribution >= 4 is 29.1 Å². The Kier molecular flexibility index (Phi) is 12.0. The number of hydrogen-bond donors (Lipinski definition) is 4. The van der Waals surface area contributed by atoms with Gasteiger partial charge in [-0.05, 0) is 66.4 Å². The van der Waals surface area contributed by atoms with Gasteiger partial charge in [0.2, 0.25) is 11.8 Å². The zero-order chi connectivity index (χ0) is 37.5. The average Bonchev–Trinajstić information content (AvgIpc) is 3.61. The molecule has 0 unspecified atom stereocenters. The highest BCUT2D eigenvalue weighted by atomic mass is 35.5. The lowest BCUT2D eigenvalue weighted by Gasteiger charge is -2.41. The molecule has 280 valence electrons. The molecule has 2 aromatic carbocycles. The molecule has 0 bridgehead atoms. The van der Waals surface area contributed by atoms with Crippen molar-refractivity contribution in [3.05, 3.63) is 119 Å². The number of benzene rings is 2. The summed E-state index contributed by atoms with van der Waals surface area (Å²) in [5.74, 6) is -1.71. The lowest BCUT2D eigenvalue weighted by atomic mass is 9.92. The zero-order valence-electron chi connectivity index (χ0n) is 28.7. The molecule has 0 spiro atoms. The Hall–Kier alpha value is -4.89. The number of aliphatic hydroxyl groups is 2. The predicted octanol–water partition coefficient (Wildman–Crippen LogP) is 4.74. The largest absolute Gasteiger partial charge is 0.507 e. The Morgan fingerprint density at radius 3 is 2.66 bits per heavy atom. The Balaban J connectivity index is 1.15. The number of nitrogens with one attached hydrogen (secondary N) is 2. The summed E-state index contributed by atoms with van der Waals surface area (Å²) in [6.45, 7) is -0.347. The van der Waals surface area contributed by atoms with Crippen LogP contribution in [0.4, 0.5) is 13.2 Å². The third-order valence-corrected chi connectivity index (χ3v) is 9.48. The number of carbonyl (C=O) groups excluding carboxylic acids is 2. The Bertz CT molecular complexity index is 1920. The van der Waals surface area contributed by atoms with Gasteiger partial charge in [0.15, 0.2) is 5.76 Å². The van der Waals surface area contributed by atoms with Gasteiger partial charge in [0.1, 0.15) is 24.9 Å². The van der Waals surface area contributed by atoms with E-state index in [0.29, 0.717) is 29.4 Å². The van der Waals surface area contributed by atoms with E-state index in [4.69, 9.17) is 16.3 Å². The number of rotatable bonds is 13. The topological polar surface area (TPSA) is 132 Å². The normalized spacial score (nSPS) is 17.8. The first-order valence-electron chi connectivity index (χ1n) is 17.2. The molecule has 6 rings (SSSR count). The van der Waals surface area contributed by atoms with Gasteiger partial charge >= 0.3 is 6.18 Å². The molecule has 3 atom stereocenters. The minimum Gasteiger partial charge on any atom is -0.507 e. The van der Waals surface area contributed by atoms with Crippen LogP contribution in [-0.2, 0) is 22.6 Å². The number of carbonyl (C=O) groups is 2. The van der Waals surface area contributed by atoms with E-state index < -0.39 is 42.6 Å². The number of fused-ring (bicyclic) bond motifs is 1. The lowest BCUT2D eigenvalue weighted by Crippen LogP contribution is -2.60. The van der Waals surface area contributed by atoms with Gasteiger partial charge < -0.3 is 30.2 Å². The van der Waals surface area contributed by atoms with Crippen LogP contribution in [0.1, 0.15) is 23.1 Å². The highest BCUT2D eigenvalue weighted by molar-refractivity contribution is 6.30. The van der Waals surface area contributed by atoms with Crippen LogP contribution in [-0.4, -0.2) is 99.0 Å². The second-order valence-corrected chi connectivity index (χ2v) is 13.7. The molecule has 0 radical (unpaired) electrons. The van der Waals surface area contributed by atoms with Gasteiger partial charge in [-0.15, -0.1) is 0 Å². The van der Waals surface area contributed by atoms with Gasteiger partial charge in [-0.1, -0.05) is 35.9 Å². The first-order valence-corrected chi connectivity index (χ1v) is 17.6. The van der Waals surface area contributed by atoms with Crippen LogP contribution < -0.4 is 15.4 Å². The maximum atomic E-state index is 13.8. The first kappa shape index (κ1) is 37.9. The van der Waals surface area contributed by atoms with Crippen LogP contribution >= 0.6 is 11.6 Å². The molecule has 4 aromatic rings. The number of pyridine rings is 1. The highest BCUT2D eigenvalue weighted by Crippen LogP contribution is 2.31. The molecule has 2 aromatic heterocycles. The Morgan fingerprint density at radius 1 is 1.06 bits per heavy atom. The molecule has 2 aliphatic rings. The standard InChI is InChI=1S/C38H40ClF3N6O5/c39-28-6-3-7-29(17-28)47-12-10-26(20-47)19-46-13-14-48(32(22-46)37(52)44-24-38(40,41)42)21-30(49)16-27(15-25-5-4-11-43-18-25)36(51)45-35-31-8-1-2-9-34(31)53-23-33(35)50/h1-12,17-18,20,27,30,32,49-50H,13-16,19,21-24H2,(H,44,52)(H,45,51)/t27-,30+,32+/m1/s1.